The third kappa shape index (κ3) is 3.05. The van der Waals surface area contributed by atoms with Crippen molar-refractivity contribution in [3.05, 3.63) is 35.9 Å². The highest BCUT2D eigenvalue weighted by Crippen LogP contribution is 2.26. The number of hydrogen-bond donors (Lipinski definition) is 2. The van der Waals surface area contributed by atoms with Crippen LogP contribution in [-0.2, 0) is 6.42 Å². The lowest BCUT2D eigenvalue weighted by Crippen LogP contribution is -2.40. The van der Waals surface area contributed by atoms with Crippen LogP contribution in [0.5, 0.6) is 0 Å². The molecule has 15 heavy (non-hydrogen) atoms. The largest absolute Gasteiger partial charge is 0.392 e. The Labute approximate surface area is 92.1 Å². The molecule has 0 bridgehead atoms. The van der Waals surface area contributed by atoms with E-state index in [1.54, 1.807) is 0 Å². The molecule has 0 amide bonds. The highest BCUT2D eigenvalue weighted by atomic mass is 16.3. The maximum absolute atomic E-state index is 10.1. The minimum absolute atomic E-state index is 0.171. The van der Waals surface area contributed by atoms with Gasteiger partial charge in [0.2, 0.25) is 0 Å². The first-order chi connectivity index (χ1) is 7.12. The Hall–Kier alpha value is -0.860. The molecule has 0 spiro atoms. The van der Waals surface area contributed by atoms with Crippen LogP contribution < -0.4 is 5.73 Å². The van der Waals surface area contributed by atoms with Gasteiger partial charge in [-0.15, -0.1) is 0 Å². The number of rotatable bonds is 5. The normalized spacial score (nSPS) is 17.1. The molecule has 2 atom stereocenters. The number of aliphatic hydroxyl groups excluding tert-OH is 1. The van der Waals surface area contributed by atoms with Crippen molar-refractivity contribution in [3.63, 3.8) is 0 Å². The van der Waals surface area contributed by atoms with E-state index in [1.807, 2.05) is 37.3 Å². The third-order valence-corrected chi connectivity index (χ3v) is 3.35. The fourth-order valence-corrected chi connectivity index (χ4v) is 1.60. The molecule has 3 N–H and O–H groups in total. The molecule has 0 aliphatic heterocycles. The van der Waals surface area contributed by atoms with Gasteiger partial charge >= 0.3 is 0 Å². The van der Waals surface area contributed by atoms with Gasteiger partial charge < -0.3 is 10.8 Å². The van der Waals surface area contributed by atoms with Crippen LogP contribution in [0, 0.1) is 5.41 Å². The molecule has 2 heteroatoms. The summed E-state index contributed by atoms with van der Waals surface area (Å²) in [5.41, 5.74) is 6.71. The van der Waals surface area contributed by atoms with Gasteiger partial charge in [0.1, 0.15) is 0 Å². The van der Waals surface area contributed by atoms with Crippen molar-refractivity contribution >= 4 is 0 Å². The molecular formula is C13H21NO. The van der Waals surface area contributed by atoms with Crippen LogP contribution in [0.1, 0.15) is 25.8 Å². The summed E-state index contributed by atoms with van der Waals surface area (Å²) >= 11 is 0. The van der Waals surface area contributed by atoms with Gasteiger partial charge in [-0.2, -0.15) is 0 Å². The van der Waals surface area contributed by atoms with Gasteiger partial charge in [-0.05, 0) is 18.4 Å². The Kier molecular flexibility index (Phi) is 4.30. The highest BCUT2D eigenvalue weighted by molar-refractivity contribution is 5.16. The summed E-state index contributed by atoms with van der Waals surface area (Å²) in [5, 5.41) is 10.1. The second-order valence-corrected chi connectivity index (χ2v) is 4.42. The van der Waals surface area contributed by atoms with Crippen LogP contribution in [-0.4, -0.2) is 17.8 Å². The van der Waals surface area contributed by atoms with Crippen LogP contribution in [0.15, 0.2) is 30.3 Å². The number of nitrogens with two attached hydrogens (primary N) is 1. The van der Waals surface area contributed by atoms with Crippen LogP contribution >= 0.6 is 0 Å². The number of hydrogen-bond acceptors (Lipinski definition) is 2. The maximum Gasteiger partial charge on any atom is 0.0646 e. The van der Waals surface area contributed by atoms with Crippen LogP contribution in [0.25, 0.3) is 0 Å². The predicted molar refractivity (Wildman–Crippen MR) is 63.6 cm³/mol. The molecule has 1 aromatic carbocycles. The number of aliphatic hydroxyl groups is 1. The van der Waals surface area contributed by atoms with E-state index >= 15 is 0 Å². The van der Waals surface area contributed by atoms with E-state index in [0.29, 0.717) is 13.0 Å². The summed E-state index contributed by atoms with van der Waals surface area (Å²) in [4.78, 5) is 0. The molecule has 1 rings (SSSR count). The van der Waals surface area contributed by atoms with Gasteiger partial charge in [-0.1, -0.05) is 44.2 Å². The van der Waals surface area contributed by atoms with E-state index in [2.05, 4.69) is 6.92 Å². The summed E-state index contributed by atoms with van der Waals surface area (Å²) in [6.45, 7) is 4.64. The molecule has 0 aliphatic rings. The smallest absolute Gasteiger partial charge is 0.0646 e. The van der Waals surface area contributed by atoms with Crippen LogP contribution in [0.3, 0.4) is 0 Å². The molecule has 2 unspecified atom stereocenters. The molecule has 0 saturated heterocycles. The fraction of sp³-hybridized carbons (Fsp3) is 0.538. The van der Waals surface area contributed by atoms with E-state index in [9.17, 15) is 5.11 Å². The molecule has 1 aromatic rings. The molecule has 0 aliphatic carbocycles. The summed E-state index contributed by atoms with van der Waals surface area (Å²) < 4.78 is 0. The van der Waals surface area contributed by atoms with E-state index < -0.39 is 0 Å². The highest BCUT2D eigenvalue weighted by Gasteiger charge is 2.29. The first-order valence-electron chi connectivity index (χ1n) is 5.54. The van der Waals surface area contributed by atoms with Gasteiger partial charge in [0, 0.05) is 12.0 Å². The molecule has 0 saturated carbocycles. The van der Waals surface area contributed by atoms with Crippen molar-refractivity contribution in [1.29, 1.82) is 0 Å². The van der Waals surface area contributed by atoms with E-state index in [1.165, 1.54) is 0 Å². The maximum atomic E-state index is 10.1. The van der Waals surface area contributed by atoms with Crippen molar-refractivity contribution in [2.75, 3.05) is 6.54 Å². The SMILES string of the molecule is CCC(C)(CN)C(O)Cc1ccccc1. The summed E-state index contributed by atoms with van der Waals surface area (Å²) in [5.74, 6) is 0. The molecule has 0 aromatic heterocycles. The molecule has 2 nitrogen and oxygen atoms in total. The second kappa shape index (κ2) is 5.29. The van der Waals surface area contributed by atoms with Crippen LogP contribution in [0.2, 0.25) is 0 Å². The van der Waals surface area contributed by atoms with Gasteiger partial charge in [0.15, 0.2) is 0 Å². The first-order valence-corrected chi connectivity index (χ1v) is 5.54. The predicted octanol–water partition coefficient (Wildman–Crippen LogP) is 1.97. The fourth-order valence-electron chi connectivity index (χ4n) is 1.60. The van der Waals surface area contributed by atoms with Crippen LogP contribution in [0.4, 0.5) is 0 Å². The van der Waals surface area contributed by atoms with Crippen molar-refractivity contribution < 1.29 is 5.11 Å². The Balaban J connectivity index is 2.66. The lowest BCUT2D eigenvalue weighted by atomic mass is 9.79. The zero-order chi connectivity index (χ0) is 11.3. The minimum atomic E-state index is -0.366. The van der Waals surface area contributed by atoms with Gasteiger partial charge in [-0.3, -0.25) is 0 Å². The molecule has 0 fully saturated rings. The van der Waals surface area contributed by atoms with Gasteiger partial charge in [-0.25, -0.2) is 0 Å². The Morgan fingerprint density at radius 2 is 1.93 bits per heavy atom. The van der Waals surface area contributed by atoms with E-state index in [4.69, 9.17) is 5.73 Å². The van der Waals surface area contributed by atoms with Gasteiger partial charge in [0.25, 0.3) is 0 Å². The number of benzene rings is 1. The zero-order valence-electron chi connectivity index (χ0n) is 9.61. The van der Waals surface area contributed by atoms with Crippen molar-refractivity contribution in [2.45, 2.75) is 32.8 Å². The third-order valence-electron chi connectivity index (χ3n) is 3.35. The van der Waals surface area contributed by atoms with E-state index in [0.717, 1.165) is 12.0 Å². The van der Waals surface area contributed by atoms with Gasteiger partial charge in [0.05, 0.1) is 6.10 Å². The average Bonchev–Trinajstić information content (AvgIpc) is 2.29. The topological polar surface area (TPSA) is 46.2 Å². The monoisotopic (exact) mass is 207 g/mol. The molecular weight excluding hydrogens is 186 g/mol. The molecule has 0 radical (unpaired) electrons. The summed E-state index contributed by atoms with van der Waals surface area (Å²) in [6.07, 6.45) is 1.22. The first kappa shape index (κ1) is 12.2. The van der Waals surface area contributed by atoms with Crippen molar-refractivity contribution in [2.24, 2.45) is 11.1 Å². The lowest BCUT2D eigenvalue weighted by molar-refractivity contribution is 0.0407. The summed E-state index contributed by atoms with van der Waals surface area (Å²) in [7, 11) is 0. The zero-order valence-corrected chi connectivity index (χ0v) is 9.61. The second-order valence-electron chi connectivity index (χ2n) is 4.42. The lowest BCUT2D eigenvalue weighted by Gasteiger charge is -2.32. The van der Waals surface area contributed by atoms with E-state index in [-0.39, 0.29) is 11.5 Å². The summed E-state index contributed by atoms with van der Waals surface area (Å²) in [6, 6.07) is 10.0. The van der Waals surface area contributed by atoms with Crippen molar-refractivity contribution in [3.8, 4) is 0 Å². The molecule has 84 valence electrons. The quantitative estimate of drug-likeness (QED) is 0.775. The Morgan fingerprint density at radius 1 is 1.33 bits per heavy atom. The standard InChI is InChI=1S/C13H21NO/c1-3-13(2,10-14)12(15)9-11-7-5-4-6-8-11/h4-8,12,15H,3,9-10,14H2,1-2H3. The van der Waals surface area contributed by atoms with Crippen molar-refractivity contribution in [1.82, 2.24) is 0 Å². The Bertz CT molecular complexity index is 280. The Morgan fingerprint density at radius 3 is 2.40 bits per heavy atom. The molecule has 0 heterocycles. The average molecular weight is 207 g/mol. The minimum Gasteiger partial charge on any atom is -0.392 e.